The van der Waals surface area contributed by atoms with Crippen LogP contribution in [-0.2, 0) is 5.41 Å². The van der Waals surface area contributed by atoms with E-state index in [4.69, 9.17) is 18.0 Å². The smallest absolute Gasteiger partial charge is 0.0743 e. The van der Waals surface area contributed by atoms with Gasteiger partial charge in [0.25, 0.3) is 0 Å². The average Bonchev–Trinajstić information content (AvgIpc) is 3.81. The van der Waals surface area contributed by atoms with Gasteiger partial charge >= 0.3 is 0 Å². The van der Waals surface area contributed by atoms with E-state index in [1.807, 2.05) is 12.1 Å². The first-order chi connectivity index (χ1) is 31.6. The molecule has 0 saturated carbocycles. The third kappa shape index (κ3) is 5.82. The molecule has 3 nitrogen and oxygen atoms in total. The van der Waals surface area contributed by atoms with Crippen LogP contribution in [-0.4, -0.2) is 5.16 Å². The largest absolute Gasteiger partial charge is 0.399 e. The van der Waals surface area contributed by atoms with Gasteiger partial charge in [0.1, 0.15) is 0 Å². The molecule has 2 N–H and O–H groups in total. The third-order valence-electron chi connectivity index (χ3n) is 13.2. The molecule has 2 aliphatic rings. The zero-order chi connectivity index (χ0) is 42.8. The quantitative estimate of drug-likeness (QED) is 0.0988. The number of benzene rings is 10. The third-order valence-corrected chi connectivity index (χ3v) is 13.3. The Morgan fingerprint density at radius 1 is 0.406 bits per heavy atom. The molecular formula is C60H39N3S. The lowest BCUT2D eigenvalue weighted by Gasteiger charge is -2.33. The molecule has 0 fully saturated rings. The van der Waals surface area contributed by atoms with E-state index in [0.717, 1.165) is 56.1 Å². The topological polar surface area (TPSA) is 41.6 Å². The number of nitrogen functional groups attached to an aromatic ring is 1. The Kier molecular flexibility index (Phi) is 8.84. The van der Waals surface area contributed by atoms with E-state index in [1.54, 1.807) is 0 Å². The molecule has 0 saturated heterocycles. The summed E-state index contributed by atoms with van der Waals surface area (Å²) in [5.74, 6) is 0. The minimum atomic E-state index is -0.691. The van der Waals surface area contributed by atoms with E-state index in [-0.39, 0.29) is 0 Å². The summed E-state index contributed by atoms with van der Waals surface area (Å²) in [6, 6.07) is 81.1. The summed E-state index contributed by atoms with van der Waals surface area (Å²) in [6.07, 6.45) is 0. The SMILES string of the molecule is Nc1ccc2c(c1)C1(c3ccccc3-c3ccc(N=C=S)cc31)c1c-2cccc1-c1cc(N(c2ccc(-c3ccccc3)cc2)c2cccc(-c3ccccc3)c2)cc2ccccc12. The summed E-state index contributed by atoms with van der Waals surface area (Å²) in [7, 11) is 0. The Bertz CT molecular complexity index is 3520. The van der Waals surface area contributed by atoms with Crippen molar-refractivity contribution in [2.45, 2.75) is 5.41 Å². The van der Waals surface area contributed by atoms with Gasteiger partial charge in [-0.1, -0.05) is 164 Å². The number of thiocarbonyl (C=S) groups is 1. The summed E-state index contributed by atoms with van der Waals surface area (Å²) in [6.45, 7) is 0. The first kappa shape index (κ1) is 37.6. The molecule has 0 bridgehead atoms. The van der Waals surface area contributed by atoms with Crippen LogP contribution < -0.4 is 10.6 Å². The molecule has 0 aliphatic heterocycles. The second-order valence-electron chi connectivity index (χ2n) is 16.6. The van der Waals surface area contributed by atoms with Crippen LogP contribution in [0.5, 0.6) is 0 Å². The van der Waals surface area contributed by atoms with Crippen molar-refractivity contribution in [1.29, 1.82) is 0 Å². The van der Waals surface area contributed by atoms with Crippen LogP contribution in [0.15, 0.2) is 229 Å². The van der Waals surface area contributed by atoms with Crippen LogP contribution in [0.3, 0.4) is 0 Å². The number of nitrogens with zero attached hydrogens (tertiary/aromatic N) is 2. The van der Waals surface area contributed by atoms with Crippen molar-refractivity contribution < 1.29 is 0 Å². The van der Waals surface area contributed by atoms with Gasteiger partial charge in [0.2, 0.25) is 0 Å². The minimum absolute atomic E-state index is 0.691. The first-order valence-electron chi connectivity index (χ1n) is 21.6. The number of fused-ring (bicyclic) bond motifs is 11. The molecule has 0 heterocycles. The number of hydrogen-bond acceptors (Lipinski definition) is 4. The summed E-state index contributed by atoms with van der Waals surface area (Å²) >= 11 is 5.16. The van der Waals surface area contributed by atoms with Crippen LogP contribution in [0, 0.1) is 0 Å². The summed E-state index contributed by atoms with van der Waals surface area (Å²) in [5.41, 5.74) is 27.3. The van der Waals surface area contributed by atoms with E-state index in [9.17, 15) is 0 Å². The van der Waals surface area contributed by atoms with Gasteiger partial charge in [-0.05, 0) is 162 Å². The molecule has 10 aromatic rings. The maximum absolute atomic E-state index is 6.76. The fourth-order valence-corrected chi connectivity index (χ4v) is 10.7. The number of anilines is 4. The molecule has 0 aromatic heterocycles. The maximum atomic E-state index is 6.76. The highest BCUT2D eigenvalue weighted by atomic mass is 32.1. The van der Waals surface area contributed by atoms with Gasteiger partial charge < -0.3 is 10.6 Å². The predicted molar refractivity (Wildman–Crippen MR) is 270 cm³/mol. The first-order valence-corrected chi connectivity index (χ1v) is 22.0. The Hall–Kier alpha value is -8.14. The molecule has 0 amide bonds. The van der Waals surface area contributed by atoms with Crippen molar-refractivity contribution in [2.24, 2.45) is 4.99 Å². The van der Waals surface area contributed by atoms with Gasteiger partial charge in [0, 0.05) is 22.7 Å². The molecule has 1 unspecified atom stereocenters. The van der Waals surface area contributed by atoms with E-state index in [1.165, 1.54) is 61.0 Å². The average molecular weight is 834 g/mol. The second kappa shape index (κ2) is 15.0. The predicted octanol–water partition coefficient (Wildman–Crippen LogP) is 16.0. The van der Waals surface area contributed by atoms with Crippen LogP contribution in [0.1, 0.15) is 22.3 Å². The van der Waals surface area contributed by atoms with Crippen molar-refractivity contribution in [1.82, 2.24) is 0 Å². The summed E-state index contributed by atoms with van der Waals surface area (Å²) in [5, 5.41) is 4.96. The minimum Gasteiger partial charge on any atom is -0.399 e. The van der Waals surface area contributed by atoms with Crippen LogP contribution in [0.4, 0.5) is 28.4 Å². The zero-order valence-corrected chi connectivity index (χ0v) is 35.6. The fourth-order valence-electron chi connectivity index (χ4n) is 10.6. The van der Waals surface area contributed by atoms with Gasteiger partial charge in [-0.2, -0.15) is 4.99 Å². The standard InChI is InChI=1S/C60H39N3S/c61-44-27-31-52-53-22-12-23-54(59(53)60(57(52)35-44)56-24-10-9-21-50(56)51-32-28-45(62-38-64)36-58(51)60)55-37-48(34-43-17-7-8-20-49(43)55)63(46-29-25-41(26-30-46)39-13-3-1-4-14-39)47-19-11-18-42(33-47)40-15-5-2-6-16-40/h1-37H,61H2. The highest BCUT2D eigenvalue weighted by Crippen LogP contribution is 2.65. The molecule has 300 valence electrons. The van der Waals surface area contributed by atoms with Gasteiger partial charge in [0.15, 0.2) is 0 Å². The molecule has 4 heteroatoms. The number of rotatable bonds is 7. The highest BCUT2D eigenvalue weighted by Gasteiger charge is 2.53. The molecule has 1 atom stereocenters. The monoisotopic (exact) mass is 833 g/mol. The van der Waals surface area contributed by atoms with Crippen LogP contribution in [0.2, 0.25) is 0 Å². The highest BCUT2D eigenvalue weighted by molar-refractivity contribution is 7.78. The molecule has 2 aliphatic carbocycles. The van der Waals surface area contributed by atoms with E-state index >= 15 is 0 Å². The zero-order valence-electron chi connectivity index (χ0n) is 34.7. The molecular weight excluding hydrogens is 795 g/mol. The van der Waals surface area contributed by atoms with Crippen molar-refractivity contribution in [3.8, 4) is 55.6 Å². The Balaban J connectivity index is 1.14. The number of nitrogens with two attached hydrogens (primary N) is 1. The van der Waals surface area contributed by atoms with Gasteiger partial charge in [0.05, 0.1) is 16.3 Å². The van der Waals surface area contributed by atoms with Crippen LogP contribution in [0.25, 0.3) is 66.4 Å². The normalized spacial score (nSPS) is 14.1. The summed E-state index contributed by atoms with van der Waals surface area (Å²) < 4.78 is 0. The lowest BCUT2D eigenvalue weighted by molar-refractivity contribution is 0.796. The van der Waals surface area contributed by atoms with Crippen LogP contribution >= 0.6 is 12.2 Å². The summed E-state index contributed by atoms with van der Waals surface area (Å²) in [4.78, 5) is 6.93. The van der Waals surface area contributed by atoms with Gasteiger partial charge in [-0.15, -0.1) is 0 Å². The van der Waals surface area contributed by atoms with Crippen molar-refractivity contribution >= 4 is 56.6 Å². The Labute approximate surface area is 378 Å². The van der Waals surface area contributed by atoms with E-state index < -0.39 is 5.41 Å². The lowest BCUT2D eigenvalue weighted by Crippen LogP contribution is -2.27. The lowest BCUT2D eigenvalue weighted by atomic mass is 9.68. The molecule has 0 radical (unpaired) electrons. The molecule has 64 heavy (non-hydrogen) atoms. The number of isothiocyanates is 1. The number of aliphatic imine (C=N–C) groups is 1. The van der Waals surface area contributed by atoms with Gasteiger partial charge in [-0.25, -0.2) is 0 Å². The van der Waals surface area contributed by atoms with Crippen molar-refractivity contribution in [3.63, 3.8) is 0 Å². The molecule has 12 rings (SSSR count). The van der Waals surface area contributed by atoms with Crippen molar-refractivity contribution in [3.05, 3.63) is 247 Å². The van der Waals surface area contributed by atoms with Gasteiger partial charge in [-0.3, -0.25) is 0 Å². The number of hydrogen-bond donors (Lipinski definition) is 1. The second-order valence-corrected chi connectivity index (χ2v) is 16.8. The molecule has 10 aromatic carbocycles. The Morgan fingerprint density at radius 2 is 1.00 bits per heavy atom. The van der Waals surface area contributed by atoms with Crippen molar-refractivity contribution in [2.75, 3.05) is 10.6 Å². The fraction of sp³-hybridized carbons (Fsp3) is 0.0167. The molecule has 1 spiro atoms. The van der Waals surface area contributed by atoms with E-state index in [2.05, 4.69) is 227 Å². The maximum Gasteiger partial charge on any atom is 0.0743 e. The van der Waals surface area contributed by atoms with E-state index in [0.29, 0.717) is 0 Å². The Morgan fingerprint density at radius 3 is 1.80 bits per heavy atom.